The molecule has 0 aromatic carbocycles. The Kier molecular flexibility index (Phi) is 3.77. The Bertz CT molecular complexity index is 354. The third kappa shape index (κ3) is 3.37. The van der Waals surface area contributed by atoms with E-state index >= 15 is 0 Å². The Morgan fingerprint density at radius 1 is 1.29 bits per heavy atom. The summed E-state index contributed by atoms with van der Waals surface area (Å²) in [5, 5.41) is 0. The quantitative estimate of drug-likeness (QED) is 0.386. The van der Waals surface area contributed by atoms with Crippen LogP contribution in [-0.4, -0.2) is 11.3 Å². The Morgan fingerprint density at radius 2 is 1.86 bits per heavy atom. The van der Waals surface area contributed by atoms with Crippen molar-refractivity contribution in [3.63, 3.8) is 0 Å². The van der Waals surface area contributed by atoms with Gasteiger partial charge in [0.1, 0.15) is 3.70 Å². The summed E-state index contributed by atoms with van der Waals surface area (Å²) in [6, 6.07) is 0.927. The molecule has 0 unspecified atom stereocenters. The summed E-state index contributed by atoms with van der Waals surface area (Å²) in [4.78, 5) is 3.32. The molecule has 0 atom stereocenters. The van der Waals surface area contributed by atoms with Gasteiger partial charge in [-0.15, -0.1) is 13.2 Å². The summed E-state index contributed by atoms with van der Waals surface area (Å²) >= 11 is 2.99. The molecule has 14 heavy (non-hydrogen) atoms. The van der Waals surface area contributed by atoms with E-state index in [0.29, 0.717) is 0 Å². The van der Waals surface area contributed by atoms with Crippen molar-refractivity contribution >= 4 is 45.2 Å². The number of ether oxygens (including phenoxy) is 1. The van der Waals surface area contributed by atoms with Crippen LogP contribution in [0.5, 0.6) is 5.88 Å². The van der Waals surface area contributed by atoms with E-state index in [-0.39, 0.29) is 7.27 Å². The molecular weight excluding hydrogens is 432 g/mol. The minimum atomic E-state index is -4.81. The fourth-order valence-corrected chi connectivity index (χ4v) is 1.49. The number of hydrogen-bond donors (Lipinski definition) is 0. The first-order valence-electron chi connectivity index (χ1n) is 3.07. The molecule has 0 N–H and O–H groups in total. The lowest BCUT2D eigenvalue weighted by molar-refractivity contribution is -0.276. The fraction of sp³-hybridized carbons (Fsp3) is 0.167. The molecule has 1 heterocycles. The van der Waals surface area contributed by atoms with Gasteiger partial charge in [0, 0.05) is 0 Å². The molecule has 0 spiro atoms. The molecule has 0 aliphatic heterocycles. The normalized spacial score (nSPS) is 11.6. The first-order valence-corrected chi connectivity index (χ1v) is 5.22. The van der Waals surface area contributed by atoms with Gasteiger partial charge in [0.25, 0.3) is 0 Å². The van der Waals surface area contributed by atoms with Crippen molar-refractivity contribution in [2.45, 2.75) is 6.36 Å². The first-order chi connectivity index (χ1) is 6.29. The Labute approximate surface area is 103 Å². The highest BCUT2D eigenvalue weighted by Crippen LogP contribution is 2.27. The summed E-state index contributed by atoms with van der Waals surface area (Å²) in [7, 11) is 0. The average Bonchev–Trinajstić information content (AvgIpc) is 1.97. The molecule has 0 saturated heterocycles. The molecule has 2 nitrogen and oxygen atoms in total. The second-order valence-corrected chi connectivity index (χ2v) is 4.28. The van der Waals surface area contributed by atoms with E-state index in [1.54, 1.807) is 0 Å². The second kappa shape index (κ2) is 4.33. The molecular formula is C6HF4I2NO. The van der Waals surface area contributed by atoms with Crippen molar-refractivity contribution in [2.24, 2.45) is 0 Å². The highest BCUT2D eigenvalue weighted by Gasteiger charge is 2.33. The first kappa shape index (κ1) is 12.2. The molecule has 0 radical (unpaired) electrons. The fourth-order valence-electron chi connectivity index (χ4n) is 0.610. The van der Waals surface area contributed by atoms with E-state index in [2.05, 4.69) is 9.72 Å². The number of aromatic nitrogens is 1. The topological polar surface area (TPSA) is 22.1 Å². The minimum absolute atomic E-state index is 0.0298. The molecule has 78 valence electrons. The molecule has 0 saturated carbocycles. The Morgan fingerprint density at radius 3 is 2.36 bits per heavy atom. The van der Waals surface area contributed by atoms with Gasteiger partial charge >= 0.3 is 6.36 Å². The molecule has 1 aromatic rings. The minimum Gasteiger partial charge on any atom is -0.387 e. The van der Waals surface area contributed by atoms with Crippen LogP contribution in [0.15, 0.2) is 6.07 Å². The molecule has 0 bridgehead atoms. The highest BCUT2D eigenvalue weighted by atomic mass is 127. The summed E-state index contributed by atoms with van der Waals surface area (Å²) in [6.45, 7) is 0. The van der Waals surface area contributed by atoms with Crippen LogP contribution in [0.3, 0.4) is 0 Å². The van der Waals surface area contributed by atoms with Crippen LogP contribution in [0.1, 0.15) is 0 Å². The zero-order valence-electron chi connectivity index (χ0n) is 6.20. The maximum atomic E-state index is 12.8. The summed E-state index contributed by atoms with van der Waals surface area (Å²) < 4.78 is 51.5. The van der Waals surface area contributed by atoms with Gasteiger partial charge in [-0.2, -0.15) is 0 Å². The summed E-state index contributed by atoms with van der Waals surface area (Å²) in [5.74, 6) is -1.31. The number of alkyl halides is 3. The van der Waals surface area contributed by atoms with E-state index in [1.807, 2.05) is 0 Å². The van der Waals surface area contributed by atoms with Crippen LogP contribution in [0.2, 0.25) is 0 Å². The smallest absolute Gasteiger partial charge is 0.387 e. The lowest BCUT2D eigenvalue weighted by atomic mass is 10.5. The summed E-state index contributed by atoms with van der Waals surface area (Å²) in [6.07, 6.45) is -4.81. The van der Waals surface area contributed by atoms with Crippen molar-refractivity contribution < 1.29 is 22.3 Å². The van der Waals surface area contributed by atoms with E-state index in [4.69, 9.17) is 0 Å². The molecule has 1 aromatic heterocycles. The van der Waals surface area contributed by atoms with Crippen molar-refractivity contribution in [2.75, 3.05) is 0 Å². The zero-order chi connectivity index (χ0) is 10.9. The zero-order valence-corrected chi connectivity index (χ0v) is 10.5. The maximum absolute atomic E-state index is 12.8. The van der Waals surface area contributed by atoms with Gasteiger partial charge in [-0.3, -0.25) is 0 Å². The Hall–Kier alpha value is 0.130. The van der Waals surface area contributed by atoms with Crippen molar-refractivity contribution in [3.05, 3.63) is 19.2 Å². The van der Waals surface area contributed by atoms with Crippen molar-refractivity contribution in [3.8, 4) is 5.88 Å². The van der Waals surface area contributed by atoms with Gasteiger partial charge in [0.05, 0.1) is 3.57 Å². The van der Waals surface area contributed by atoms with Crippen LogP contribution in [0, 0.1) is 13.1 Å². The van der Waals surface area contributed by atoms with Gasteiger partial charge in [-0.25, -0.2) is 9.37 Å². The SMILES string of the molecule is Fc1cc(I)c(OC(F)(F)F)nc1I. The van der Waals surface area contributed by atoms with Crippen LogP contribution >= 0.6 is 45.2 Å². The highest BCUT2D eigenvalue weighted by molar-refractivity contribution is 14.1. The predicted molar refractivity (Wildman–Crippen MR) is 56.3 cm³/mol. The van der Waals surface area contributed by atoms with Gasteiger partial charge in [-0.1, -0.05) is 0 Å². The standard InChI is InChI=1S/C6HF4I2NO/c7-2-1-3(11)5(13-4(2)12)14-6(8,9)10/h1H. The Balaban J connectivity index is 3.04. The third-order valence-electron chi connectivity index (χ3n) is 1.07. The molecule has 0 aliphatic rings. The largest absolute Gasteiger partial charge is 0.574 e. The van der Waals surface area contributed by atoms with E-state index in [9.17, 15) is 17.6 Å². The summed E-state index contributed by atoms with van der Waals surface area (Å²) in [5.41, 5.74) is 0. The molecule has 1 rings (SSSR count). The van der Waals surface area contributed by atoms with Crippen LogP contribution < -0.4 is 4.74 Å². The van der Waals surface area contributed by atoms with E-state index < -0.39 is 18.1 Å². The molecule has 0 fully saturated rings. The number of hydrogen-bond acceptors (Lipinski definition) is 2. The molecule has 8 heteroatoms. The van der Waals surface area contributed by atoms with Gasteiger partial charge in [0.2, 0.25) is 5.88 Å². The van der Waals surface area contributed by atoms with Gasteiger partial charge in [-0.05, 0) is 51.2 Å². The van der Waals surface area contributed by atoms with Crippen LogP contribution in [0.25, 0.3) is 0 Å². The lowest BCUT2D eigenvalue weighted by Crippen LogP contribution is -2.19. The lowest BCUT2D eigenvalue weighted by Gasteiger charge is -2.09. The van der Waals surface area contributed by atoms with E-state index in [0.717, 1.165) is 6.07 Å². The van der Waals surface area contributed by atoms with Gasteiger partial charge < -0.3 is 4.74 Å². The van der Waals surface area contributed by atoms with Crippen LogP contribution in [-0.2, 0) is 0 Å². The number of pyridine rings is 1. The number of rotatable bonds is 1. The number of nitrogens with zero attached hydrogens (tertiary/aromatic N) is 1. The van der Waals surface area contributed by atoms with Gasteiger partial charge in [0.15, 0.2) is 5.82 Å². The molecule has 0 amide bonds. The van der Waals surface area contributed by atoms with Crippen molar-refractivity contribution in [1.29, 1.82) is 0 Å². The second-order valence-electron chi connectivity index (χ2n) is 2.10. The van der Waals surface area contributed by atoms with E-state index in [1.165, 1.54) is 45.2 Å². The third-order valence-corrected chi connectivity index (χ3v) is 2.60. The monoisotopic (exact) mass is 433 g/mol. The maximum Gasteiger partial charge on any atom is 0.574 e. The molecule has 0 aliphatic carbocycles. The predicted octanol–water partition coefficient (Wildman–Crippen LogP) is 3.33. The van der Waals surface area contributed by atoms with Crippen molar-refractivity contribution in [1.82, 2.24) is 4.98 Å². The number of halogens is 6. The van der Waals surface area contributed by atoms with Crippen LogP contribution in [0.4, 0.5) is 17.6 Å². The average molecular weight is 433 g/mol.